The number of nitrogen functional groups attached to an aromatic ring is 1. The van der Waals surface area contributed by atoms with Gasteiger partial charge < -0.3 is 10.8 Å². The maximum atomic E-state index is 12.2. The van der Waals surface area contributed by atoms with Gasteiger partial charge in [-0.05, 0) is 40.2 Å². The Morgan fingerprint density at radius 2 is 2.00 bits per heavy atom. The fraction of sp³-hybridized carbons (Fsp3) is 0. The lowest BCUT2D eigenvalue weighted by molar-refractivity contribution is 0.0698. The number of anilines is 2. The molecule has 0 unspecified atom stereocenters. The Labute approximate surface area is 129 Å². The number of hydrogen-bond acceptors (Lipinski definition) is 5. The Kier molecular flexibility index (Phi) is 4.14. The minimum Gasteiger partial charge on any atom is -0.478 e. The van der Waals surface area contributed by atoms with Crippen LogP contribution in [0, 0.1) is 0 Å². The van der Waals surface area contributed by atoms with E-state index in [4.69, 9.17) is 10.8 Å². The number of carboxylic acid groups (broad SMARTS) is 1. The van der Waals surface area contributed by atoms with Gasteiger partial charge >= 0.3 is 5.97 Å². The summed E-state index contributed by atoms with van der Waals surface area (Å²) in [4.78, 5) is 14.8. The molecule has 0 amide bonds. The molecule has 0 radical (unpaired) electrons. The lowest BCUT2D eigenvalue weighted by atomic mass is 10.1. The van der Waals surface area contributed by atoms with E-state index >= 15 is 0 Å². The van der Waals surface area contributed by atoms with Crippen LogP contribution in [0.15, 0.2) is 46.0 Å². The topological polar surface area (TPSA) is 122 Å². The molecule has 0 fully saturated rings. The number of aromatic nitrogens is 1. The van der Waals surface area contributed by atoms with Crippen LogP contribution in [0.5, 0.6) is 0 Å². The summed E-state index contributed by atoms with van der Waals surface area (Å²) in [7, 11) is -3.97. The number of nitrogens with one attached hydrogen (secondary N) is 1. The number of carbonyl (C=O) groups is 1. The van der Waals surface area contributed by atoms with Gasteiger partial charge in [0.2, 0.25) is 0 Å². The molecule has 0 spiro atoms. The third-order valence-electron chi connectivity index (χ3n) is 2.51. The number of hydrogen-bond donors (Lipinski definition) is 3. The van der Waals surface area contributed by atoms with Gasteiger partial charge in [-0.15, -0.1) is 0 Å². The number of nitrogens with zero attached hydrogens (tertiary/aromatic N) is 1. The summed E-state index contributed by atoms with van der Waals surface area (Å²) >= 11 is 3.12. The normalized spacial score (nSPS) is 11.1. The second-order valence-electron chi connectivity index (χ2n) is 4.05. The molecule has 2 rings (SSSR count). The number of halogens is 1. The fourth-order valence-electron chi connectivity index (χ4n) is 1.58. The highest BCUT2D eigenvalue weighted by atomic mass is 79.9. The van der Waals surface area contributed by atoms with E-state index in [1.165, 1.54) is 30.5 Å². The van der Waals surface area contributed by atoms with Gasteiger partial charge in [0.05, 0.1) is 11.3 Å². The molecule has 7 nitrogen and oxygen atoms in total. The summed E-state index contributed by atoms with van der Waals surface area (Å²) in [6, 6.07) is 5.20. The molecule has 0 atom stereocenters. The molecule has 0 saturated heterocycles. The second-order valence-corrected chi connectivity index (χ2v) is 6.65. The summed E-state index contributed by atoms with van der Waals surface area (Å²) in [6.07, 6.45) is 2.59. The SMILES string of the molecule is Nc1ccc(C(=O)O)c(NS(=O)(=O)c2cncc(Br)c2)c1. The number of carboxylic acids is 1. The van der Waals surface area contributed by atoms with Crippen molar-refractivity contribution in [3.05, 3.63) is 46.7 Å². The third kappa shape index (κ3) is 3.50. The zero-order valence-corrected chi connectivity index (χ0v) is 12.8. The number of sulfonamides is 1. The van der Waals surface area contributed by atoms with Crippen molar-refractivity contribution in [2.75, 3.05) is 10.5 Å². The minimum absolute atomic E-state index is 0.101. The van der Waals surface area contributed by atoms with Crippen molar-refractivity contribution in [1.82, 2.24) is 4.98 Å². The van der Waals surface area contributed by atoms with Crippen LogP contribution in [0.4, 0.5) is 11.4 Å². The van der Waals surface area contributed by atoms with E-state index < -0.39 is 16.0 Å². The molecule has 1 aromatic carbocycles. The van der Waals surface area contributed by atoms with Crippen LogP contribution < -0.4 is 10.5 Å². The molecule has 1 aromatic heterocycles. The van der Waals surface area contributed by atoms with Crippen LogP contribution in [0.1, 0.15) is 10.4 Å². The summed E-state index contributed by atoms with van der Waals surface area (Å²) in [5.41, 5.74) is 5.50. The predicted octanol–water partition coefficient (Wildman–Crippen LogP) is 1.93. The highest BCUT2D eigenvalue weighted by Gasteiger charge is 2.19. The number of pyridine rings is 1. The Balaban J connectivity index is 2.46. The van der Waals surface area contributed by atoms with Crippen molar-refractivity contribution in [3.8, 4) is 0 Å². The largest absolute Gasteiger partial charge is 0.478 e. The van der Waals surface area contributed by atoms with Gasteiger partial charge in [0.25, 0.3) is 10.0 Å². The Morgan fingerprint density at radius 3 is 2.62 bits per heavy atom. The second kappa shape index (κ2) is 5.70. The van der Waals surface area contributed by atoms with Gasteiger partial charge in [0.15, 0.2) is 0 Å². The summed E-state index contributed by atoms with van der Waals surface area (Å²) < 4.78 is 27.2. The van der Waals surface area contributed by atoms with E-state index in [0.717, 1.165) is 6.20 Å². The first-order valence-corrected chi connectivity index (χ1v) is 7.83. The first-order chi connectivity index (χ1) is 9.79. The standard InChI is InChI=1S/C12H10BrN3O4S/c13-7-3-9(6-15-5-7)21(19,20)16-11-4-8(14)1-2-10(11)12(17)18/h1-6,16H,14H2,(H,17,18). The Bertz CT molecular complexity index is 808. The average Bonchev–Trinajstić information content (AvgIpc) is 2.38. The third-order valence-corrected chi connectivity index (χ3v) is 4.27. The van der Waals surface area contributed by atoms with Crippen molar-refractivity contribution in [2.45, 2.75) is 4.90 Å². The quantitative estimate of drug-likeness (QED) is 0.705. The highest BCUT2D eigenvalue weighted by Crippen LogP contribution is 2.23. The summed E-state index contributed by atoms with van der Waals surface area (Å²) in [6.45, 7) is 0. The van der Waals surface area contributed by atoms with E-state index in [9.17, 15) is 13.2 Å². The van der Waals surface area contributed by atoms with Crippen molar-refractivity contribution in [2.24, 2.45) is 0 Å². The van der Waals surface area contributed by atoms with E-state index in [1.54, 1.807) is 0 Å². The summed E-state index contributed by atoms with van der Waals surface area (Å²) in [5.74, 6) is -1.26. The van der Waals surface area contributed by atoms with Crippen molar-refractivity contribution in [1.29, 1.82) is 0 Å². The molecule has 2 aromatic rings. The van der Waals surface area contributed by atoms with E-state index in [0.29, 0.717) is 4.47 Å². The van der Waals surface area contributed by atoms with E-state index in [-0.39, 0.29) is 21.8 Å². The smallest absolute Gasteiger partial charge is 0.337 e. The van der Waals surface area contributed by atoms with E-state index in [2.05, 4.69) is 25.6 Å². The molecule has 21 heavy (non-hydrogen) atoms. The molecule has 0 aliphatic rings. The Hall–Kier alpha value is -2.13. The van der Waals surface area contributed by atoms with Gasteiger partial charge in [-0.25, -0.2) is 13.2 Å². The molecule has 110 valence electrons. The molecular formula is C12H10BrN3O4S. The van der Waals surface area contributed by atoms with Gasteiger partial charge in [-0.1, -0.05) is 0 Å². The number of aromatic carboxylic acids is 1. The van der Waals surface area contributed by atoms with E-state index in [1.807, 2.05) is 0 Å². The van der Waals surface area contributed by atoms with Gasteiger partial charge in [-0.3, -0.25) is 9.71 Å². The molecule has 0 aliphatic heterocycles. The molecule has 4 N–H and O–H groups in total. The van der Waals surface area contributed by atoms with Crippen LogP contribution >= 0.6 is 15.9 Å². The van der Waals surface area contributed by atoms with Crippen LogP contribution in [0.25, 0.3) is 0 Å². The van der Waals surface area contributed by atoms with Crippen LogP contribution in [-0.4, -0.2) is 24.5 Å². The van der Waals surface area contributed by atoms with Gasteiger partial charge in [0.1, 0.15) is 4.90 Å². The lowest BCUT2D eigenvalue weighted by Gasteiger charge is -2.11. The maximum Gasteiger partial charge on any atom is 0.337 e. The molecule has 0 bridgehead atoms. The lowest BCUT2D eigenvalue weighted by Crippen LogP contribution is -2.16. The molecular weight excluding hydrogens is 362 g/mol. The van der Waals surface area contributed by atoms with Crippen molar-refractivity contribution in [3.63, 3.8) is 0 Å². The number of benzene rings is 1. The van der Waals surface area contributed by atoms with Crippen LogP contribution in [-0.2, 0) is 10.0 Å². The summed E-state index contributed by atoms with van der Waals surface area (Å²) in [5, 5.41) is 9.07. The van der Waals surface area contributed by atoms with Gasteiger partial charge in [-0.2, -0.15) is 0 Å². The van der Waals surface area contributed by atoms with Crippen molar-refractivity contribution >= 4 is 43.3 Å². The average molecular weight is 372 g/mol. The predicted molar refractivity (Wildman–Crippen MR) is 80.6 cm³/mol. The molecule has 1 heterocycles. The van der Waals surface area contributed by atoms with Crippen molar-refractivity contribution < 1.29 is 18.3 Å². The van der Waals surface area contributed by atoms with Gasteiger partial charge in [0, 0.05) is 22.6 Å². The number of rotatable bonds is 4. The highest BCUT2D eigenvalue weighted by molar-refractivity contribution is 9.10. The van der Waals surface area contributed by atoms with Crippen LogP contribution in [0.3, 0.4) is 0 Å². The molecule has 9 heteroatoms. The van der Waals surface area contributed by atoms with Crippen LogP contribution in [0.2, 0.25) is 0 Å². The first-order valence-electron chi connectivity index (χ1n) is 5.56. The maximum absolute atomic E-state index is 12.2. The molecule has 0 saturated carbocycles. The molecule has 0 aliphatic carbocycles. The monoisotopic (exact) mass is 371 g/mol. The Morgan fingerprint density at radius 1 is 1.29 bits per heavy atom. The number of nitrogens with two attached hydrogens (primary N) is 1. The first kappa shape index (κ1) is 15.3. The minimum atomic E-state index is -3.97. The fourth-order valence-corrected chi connectivity index (χ4v) is 3.15. The zero-order valence-electron chi connectivity index (χ0n) is 10.4. The zero-order chi connectivity index (χ0) is 15.6.